The van der Waals surface area contributed by atoms with Crippen molar-refractivity contribution in [2.75, 3.05) is 13.7 Å². The number of carbonyl (C=O) groups excluding carboxylic acids is 1. The van der Waals surface area contributed by atoms with E-state index in [1.165, 1.54) is 0 Å². The number of halogens is 2. The van der Waals surface area contributed by atoms with Crippen molar-refractivity contribution >= 4 is 50.6 Å². The molecule has 0 unspecified atom stereocenters. The molecule has 126 valence electrons. The molecule has 2 aromatic carbocycles. The molecule has 0 aliphatic carbocycles. The number of nitrogens with one attached hydrogen (secondary N) is 1. The fraction of sp³-hybridized carbons (Fsp3) is 0.176. The third-order valence-corrected chi connectivity index (χ3v) is 4.36. The lowest BCUT2D eigenvalue weighted by molar-refractivity contribution is 0.0955. The molecule has 24 heavy (non-hydrogen) atoms. The Bertz CT molecular complexity index is 748. The predicted molar refractivity (Wildman–Crippen MR) is 106 cm³/mol. The van der Waals surface area contributed by atoms with Gasteiger partial charge in [-0.1, -0.05) is 15.9 Å². The number of nitrogens with zero attached hydrogens (tertiary/aromatic N) is 1. The summed E-state index contributed by atoms with van der Waals surface area (Å²) in [5, 5.41) is 4.00. The van der Waals surface area contributed by atoms with Gasteiger partial charge in [0.05, 0.1) is 23.5 Å². The molecule has 7 heteroatoms. The van der Waals surface area contributed by atoms with Gasteiger partial charge >= 0.3 is 0 Å². The van der Waals surface area contributed by atoms with Crippen LogP contribution in [0.4, 0.5) is 0 Å². The fourth-order valence-electron chi connectivity index (χ4n) is 1.93. The van der Waals surface area contributed by atoms with Gasteiger partial charge in [-0.25, -0.2) is 5.43 Å². The van der Waals surface area contributed by atoms with Crippen LogP contribution in [0, 0.1) is 3.57 Å². The number of hydrogen-bond acceptors (Lipinski definition) is 4. The molecule has 0 radical (unpaired) electrons. The average Bonchev–Trinajstić information content (AvgIpc) is 2.57. The van der Waals surface area contributed by atoms with Crippen LogP contribution in [0.2, 0.25) is 0 Å². The third-order valence-electron chi connectivity index (χ3n) is 3.03. The van der Waals surface area contributed by atoms with Crippen LogP contribution in [0.5, 0.6) is 11.5 Å². The van der Waals surface area contributed by atoms with Crippen molar-refractivity contribution in [3.05, 3.63) is 55.6 Å². The molecular weight excluding hydrogens is 487 g/mol. The molecule has 0 fully saturated rings. The van der Waals surface area contributed by atoms with E-state index in [0.717, 1.165) is 13.6 Å². The maximum Gasteiger partial charge on any atom is 0.271 e. The van der Waals surface area contributed by atoms with Crippen molar-refractivity contribution in [1.82, 2.24) is 5.43 Å². The summed E-state index contributed by atoms with van der Waals surface area (Å²) in [4.78, 5) is 12.0. The number of hydrazone groups is 1. The van der Waals surface area contributed by atoms with Crippen LogP contribution in [-0.2, 0) is 0 Å². The normalized spacial score (nSPS) is 10.7. The molecule has 0 aliphatic heterocycles. The van der Waals surface area contributed by atoms with Crippen molar-refractivity contribution in [1.29, 1.82) is 0 Å². The Balaban J connectivity index is 2.10. The Morgan fingerprint density at radius 2 is 2.04 bits per heavy atom. The highest BCUT2D eigenvalue weighted by Gasteiger charge is 2.10. The summed E-state index contributed by atoms with van der Waals surface area (Å²) >= 11 is 5.51. The van der Waals surface area contributed by atoms with Crippen molar-refractivity contribution < 1.29 is 14.3 Å². The van der Waals surface area contributed by atoms with Crippen LogP contribution >= 0.6 is 38.5 Å². The van der Waals surface area contributed by atoms with E-state index >= 15 is 0 Å². The van der Waals surface area contributed by atoms with Crippen LogP contribution in [0.25, 0.3) is 0 Å². The Morgan fingerprint density at radius 3 is 2.67 bits per heavy atom. The molecule has 1 N–H and O–H groups in total. The first-order chi connectivity index (χ1) is 11.5. The second-order valence-electron chi connectivity index (χ2n) is 4.67. The van der Waals surface area contributed by atoms with E-state index < -0.39 is 0 Å². The number of ether oxygens (including phenoxy) is 2. The molecule has 1 amide bonds. The molecule has 0 saturated heterocycles. The smallest absolute Gasteiger partial charge is 0.271 e. The topological polar surface area (TPSA) is 59.9 Å². The summed E-state index contributed by atoms with van der Waals surface area (Å²) in [5.74, 6) is 1.06. The molecule has 0 aliphatic rings. The molecule has 2 aromatic rings. The van der Waals surface area contributed by atoms with Gasteiger partial charge in [0, 0.05) is 10.0 Å². The van der Waals surface area contributed by atoms with E-state index in [0.29, 0.717) is 23.7 Å². The summed E-state index contributed by atoms with van der Waals surface area (Å²) in [6.07, 6.45) is 1.57. The van der Waals surface area contributed by atoms with Gasteiger partial charge in [-0.3, -0.25) is 4.79 Å². The summed E-state index contributed by atoms with van der Waals surface area (Å²) in [5.41, 5.74) is 3.84. The molecule has 0 saturated carbocycles. The number of carbonyl (C=O) groups is 1. The quantitative estimate of drug-likeness (QED) is 0.365. The van der Waals surface area contributed by atoms with Gasteiger partial charge in [-0.15, -0.1) is 0 Å². The molecule has 5 nitrogen and oxygen atoms in total. The Morgan fingerprint density at radius 1 is 1.33 bits per heavy atom. The monoisotopic (exact) mass is 502 g/mol. The average molecular weight is 503 g/mol. The first-order valence-electron chi connectivity index (χ1n) is 7.14. The van der Waals surface area contributed by atoms with E-state index in [1.807, 2.05) is 19.1 Å². The fourth-order valence-corrected chi connectivity index (χ4v) is 2.98. The number of rotatable bonds is 6. The highest BCUT2D eigenvalue weighted by atomic mass is 127. The predicted octanol–water partition coefficient (Wildman–Crippen LogP) is 4.22. The molecule has 0 spiro atoms. The number of hydrogen-bond donors (Lipinski definition) is 1. The van der Waals surface area contributed by atoms with Gasteiger partial charge < -0.3 is 9.47 Å². The zero-order valence-electron chi connectivity index (χ0n) is 13.2. The summed E-state index contributed by atoms with van der Waals surface area (Å²) in [6.45, 7) is 2.48. The minimum absolute atomic E-state index is 0.272. The Hall–Kier alpha value is -1.61. The van der Waals surface area contributed by atoms with E-state index in [-0.39, 0.29) is 5.91 Å². The first kappa shape index (κ1) is 18.7. The van der Waals surface area contributed by atoms with Crippen molar-refractivity contribution in [2.24, 2.45) is 5.10 Å². The zero-order chi connectivity index (χ0) is 17.5. The van der Waals surface area contributed by atoms with E-state index in [9.17, 15) is 4.79 Å². The standard InChI is InChI=1S/C17H16BrIN2O3/c1-3-24-16-14(19)8-11(9-15(16)23-2)10-20-21-17(22)12-4-6-13(18)7-5-12/h4-10H,3H2,1-2H3,(H,21,22)/b20-10-. The molecule has 0 aromatic heterocycles. The maximum atomic E-state index is 12.0. The zero-order valence-corrected chi connectivity index (χ0v) is 16.9. The number of methoxy groups -OCH3 is 1. The summed E-state index contributed by atoms with van der Waals surface area (Å²) < 4.78 is 12.7. The summed E-state index contributed by atoms with van der Waals surface area (Å²) in [6, 6.07) is 10.8. The third kappa shape index (κ3) is 4.94. The lowest BCUT2D eigenvalue weighted by Crippen LogP contribution is -2.17. The number of benzene rings is 2. The van der Waals surface area contributed by atoms with E-state index in [1.54, 1.807) is 37.6 Å². The largest absolute Gasteiger partial charge is 0.493 e. The minimum atomic E-state index is -0.272. The lowest BCUT2D eigenvalue weighted by Gasteiger charge is -2.12. The van der Waals surface area contributed by atoms with Crippen LogP contribution in [-0.4, -0.2) is 25.8 Å². The van der Waals surface area contributed by atoms with Crippen LogP contribution in [0.15, 0.2) is 46.0 Å². The van der Waals surface area contributed by atoms with Crippen LogP contribution in [0.1, 0.15) is 22.8 Å². The first-order valence-corrected chi connectivity index (χ1v) is 9.01. The highest BCUT2D eigenvalue weighted by molar-refractivity contribution is 14.1. The van der Waals surface area contributed by atoms with Crippen molar-refractivity contribution in [2.45, 2.75) is 6.92 Å². The van der Waals surface area contributed by atoms with Crippen LogP contribution < -0.4 is 14.9 Å². The SMILES string of the molecule is CCOc1c(I)cc(/C=N\NC(=O)c2ccc(Br)cc2)cc1OC. The van der Waals surface area contributed by atoms with Crippen molar-refractivity contribution in [3.63, 3.8) is 0 Å². The summed E-state index contributed by atoms with van der Waals surface area (Å²) in [7, 11) is 1.59. The molecular formula is C17H16BrIN2O3. The maximum absolute atomic E-state index is 12.0. The highest BCUT2D eigenvalue weighted by Crippen LogP contribution is 2.33. The second-order valence-corrected chi connectivity index (χ2v) is 6.75. The van der Waals surface area contributed by atoms with Gasteiger partial charge in [0.1, 0.15) is 0 Å². The minimum Gasteiger partial charge on any atom is -0.493 e. The van der Waals surface area contributed by atoms with Gasteiger partial charge in [-0.2, -0.15) is 5.10 Å². The van der Waals surface area contributed by atoms with E-state index in [4.69, 9.17) is 9.47 Å². The lowest BCUT2D eigenvalue weighted by atomic mass is 10.2. The molecule has 0 atom stereocenters. The van der Waals surface area contributed by atoms with Crippen LogP contribution in [0.3, 0.4) is 0 Å². The number of amides is 1. The van der Waals surface area contributed by atoms with Gasteiger partial charge in [-0.05, 0) is 71.5 Å². The second kappa shape index (κ2) is 9.03. The van der Waals surface area contributed by atoms with Gasteiger partial charge in [0.25, 0.3) is 5.91 Å². The molecule has 2 rings (SSSR count). The van der Waals surface area contributed by atoms with Gasteiger partial charge in [0.2, 0.25) is 0 Å². The van der Waals surface area contributed by atoms with Gasteiger partial charge in [0.15, 0.2) is 11.5 Å². The van der Waals surface area contributed by atoms with E-state index in [2.05, 4.69) is 49.0 Å². The molecule has 0 heterocycles. The van der Waals surface area contributed by atoms with Crippen molar-refractivity contribution in [3.8, 4) is 11.5 Å². The Labute approximate surface area is 162 Å². The Kier molecular flexibility index (Phi) is 7.04. The molecule has 0 bridgehead atoms.